The lowest BCUT2D eigenvalue weighted by atomic mass is 10.2. The molecule has 1 fully saturated rings. The van der Waals surface area contributed by atoms with Crippen LogP contribution in [0, 0.1) is 0 Å². The van der Waals surface area contributed by atoms with Crippen LogP contribution in [0.15, 0.2) is 67.7 Å². The Kier molecular flexibility index (Phi) is 13.6. The molecule has 0 spiro atoms. The first-order chi connectivity index (χ1) is 27.0. The van der Waals surface area contributed by atoms with Crippen LogP contribution in [0.1, 0.15) is 62.3 Å². The van der Waals surface area contributed by atoms with Crippen LogP contribution < -0.4 is 22.5 Å². The predicted octanol–water partition coefficient (Wildman–Crippen LogP) is 5.59. The number of aryl methyl sites for hydroxylation is 6. The zero-order valence-electron chi connectivity index (χ0n) is 32.3. The Morgan fingerprint density at radius 3 is 1.41 bits per heavy atom. The van der Waals surface area contributed by atoms with E-state index in [2.05, 4.69) is 30.8 Å². The van der Waals surface area contributed by atoms with Crippen molar-refractivity contribution in [3.63, 3.8) is 0 Å². The van der Waals surface area contributed by atoms with E-state index in [-0.39, 0.29) is 35.6 Å². The molecule has 1 aliphatic heterocycles. The minimum absolute atomic E-state index is 0.200. The van der Waals surface area contributed by atoms with Crippen molar-refractivity contribution in [2.24, 2.45) is 14.1 Å². The number of rotatable bonds is 13. The summed E-state index contributed by atoms with van der Waals surface area (Å²) in [5, 5.41) is 2.01. The molecular formula is C40H48BrCl2N9O4. The third kappa shape index (κ3) is 8.68. The maximum absolute atomic E-state index is 13.3. The van der Waals surface area contributed by atoms with Crippen molar-refractivity contribution in [2.45, 2.75) is 78.6 Å². The summed E-state index contributed by atoms with van der Waals surface area (Å²) in [5.74, 6) is 1.59. The number of hydrogen-bond donors (Lipinski definition) is 0. The largest absolute Gasteiger partial charge is 0.333 e. The van der Waals surface area contributed by atoms with Gasteiger partial charge in [0.2, 0.25) is 0 Å². The number of alkyl halides is 1. The highest BCUT2D eigenvalue weighted by Crippen LogP contribution is 2.16. The fraction of sp³-hybridized carbons (Fsp3) is 0.450. The van der Waals surface area contributed by atoms with E-state index < -0.39 is 0 Å². The summed E-state index contributed by atoms with van der Waals surface area (Å²) in [6.07, 6.45) is 5.50. The van der Waals surface area contributed by atoms with E-state index in [4.69, 9.17) is 23.2 Å². The van der Waals surface area contributed by atoms with Gasteiger partial charge in [-0.15, -0.1) is 0 Å². The van der Waals surface area contributed by atoms with E-state index in [0.717, 1.165) is 60.6 Å². The number of aromatic nitrogens is 8. The SMILES string of the molecule is CCc1nc2c(c(=O)n(Cc3ccc(Cl)cc3)c(=O)n2CCCBr)n1C.CCc1nc2c(c(=O)n(Cc3ccc(Cl)cc3)c(=O)n2CCCN2CCCC2)n1C. The summed E-state index contributed by atoms with van der Waals surface area (Å²) >= 11 is 15.3. The zero-order valence-corrected chi connectivity index (χ0v) is 35.4. The van der Waals surface area contributed by atoms with E-state index in [9.17, 15) is 19.2 Å². The Morgan fingerprint density at radius 2 is 1.02 bits per heavy atom. The summed E-state index contributed by atoms with van der Waals surface area (Å²) in [6.45, 7) is 8.66. The van der Waals surface area contributed by atoms with Crippen molar-refractivity contribution in [2.75, 3.05) is 25.0 Å². The molecule has 16 heteroatoms. The van der Waals surface area contributed by atoms with E-state index >= 15 is 0 Å². The minimum atomic E-state index is -0.334. The second kappa shape index (κ2) is 18.4. The van der Waals surface area contributed by atoms with Crippen molar-refractivity contribution in [3.05, 3.63) is 123 Å². The standard InChI is InChI=1S/C22H28ClN5O2.C18H20BrClN4O2/c1-3-18-24-20-19(25(18)2)21(29)28(15-16-7-9-17(23)10-8-16)22(30)27(20)14-6-13-26-11-4-5-12-26;1-3-14-21-16-15(22(14)2)17(25)24(18(26)23(16)10-4-9-19)11-12-5-7-13(20)8-6-12/h7-10H,3-6,11-15H2,1-2H3;5-8H,3-4,9-11H2,1-2H3. The molecule has 7 rings (SSSR count). The fourth-order valence-electron chi connectivity index (χ4n) is 7.35. The number of benzene rings is 2. The fourth-order valence-corrected chi connectivity index (χ4v) is 7.85. The second-order valence-corrected chi connectivity index (χ2v) is 15.7. The number of fused-ring (bicyclic) bond motifs is 2. The Bertz CT molecular complexity index is 2560. The molecule has 0 radical (unpaired) electrons. The van der Waals surface area contributed by atoms with Crippen LogP contribution in [-0.2, 0) is 53.1 Å². The van der Waals surface area contributed by atoms with Crippen molar-refractivity contribution in [1.29, 1.82) is 0 Å². The molecule has 5 heterocycles. The monoisotopic (exact) mass is 867 g/mol. The van der Waals surface area contributed by atoms with Crippen molar-refractivity contribution in [3.8, 4) is 0 Å². The van der Waals surface area contributed by atoms with Gasteiger partial charge in [-0.2, -0.15) is 0 Å². The van der Waals surface area contributed by atoms with Crippen molar-refractivity contribution < 1.29 is 0 Å². The summed E-state index contributed by atoms with van der Waals surface area (Å²) in [7, 11) is 3.67. The van der Waals surface area contributed by atoms with E-state index in [1.807, 2.05) is 56.8 Å². The minimum Gasteiger partial charge on any atom is -0.325 e. The first-order valence-electron chi connectivity index (χ1n) is 19.1. The maximum atomic E-state index is 13.3. The molecule has 1 aliphatic rings. The smallest absolute Gasteiger partial charge is 0.325 e. The molecule has 56 heavy (non-hydrogen) atoms. The first-order valence-corrected chi connectivity index (χ1v) is 21.0. The molecule has 0 N–H and O–H groups in total. The maximum Gasteiger partial charge on any atom is 0.333 e. The van der Waals surface area contributed by atoms with Crippen LogP contribution in [0.3, 0.4) is 0 Å². The summed E-state index contributed by atoms with van der Waals surface area (Å²) < 4.78 is 9.50. The molecule has 298 valence electrons. The Morgan fingerprint density at radius 1 is 0.607 bits per heavy atom. The van der Waals surface area contributed by atoms with Crippen LogP contribution in [0.5, 0.6) is 0 Å². The lowest BCUT2D eigenvalue weighted by molar-refractivity contribution is 0.324. The molecule has 1 saturated heterocycles. The lowest BCUT2D eigenvalue weighted by Gasteiger charge is -2.16. The summed E-state index contributed by atoms with van der Waals surface area (Å²) in [5.41, 5.74) is 2.37. The molecule has 6 aromatic rings. The van der Waals surface area contributed by atoms with Gasteiger partial charge in [-0.1, -0.05) is 77.2 Å². The molecule has 0 unspecified atom stereocenters. The van der Waals surface area contributed by atoms with Crippen LogP contribution >= 0.6 is 39.1 Å². The third-order valence-electron chi connectivity index (χ3n) is 10.4. The Labute approximate surface area is 342 Å². The average molecular weight is 870 g/mol. The van der Waals surface area contributed by atoms with Gasteiger partial charge < -0.3 is 14.0 Å². The Hall–Kier alpha value is -4.24. The molecule has 0 saturated carbocycles. The van der Waals surface area contributed by atoms with Gasteiger partial charge in [-0.05, 0) is 80.7 Å². The highest BCUT2D eigenvalue weighted by Gasteiger charge is 2.21. The number of likely N-dealkylation sites (tertiary alicyclic amines) is 1. The molecule has 0 amide bonds. The highest BCUT2D eigenvalue weighted by molar-refractivity contribution is 9.09. The van der Waals surface area contributed by atoms with E-state index in [0.29, 0.717) is 58.3 Å². The molecule has 2 aromatic carbocycles. The quantitative estimate of drug-likeness (QED) is 0.139. The molecule has 13 nitrogen and oxygen atoms in total. The van der Waals surface area contributed by atoms with Gasteiger partial charge in [-0.3, -0.25) is 27.9 Å². The molecular weight excluding hydrogens is 821 g/mol. The second-order valence-electron chi connectivity index (χ2n) is 14.1. The molecule has 0 bridgehead atoms. The summed E-state index contributed by atoms with van der Waals surface area (Å²) in [6, 6.07) is 14.4. The molecule has 0 atom stereocenters. The molecule has 0 aliphatic carbocycles. The van der Waals surface area contributed by atoms with Gasteiger partial charge in [0, 0.05) is 55.4 Å². The number of hydrogen-bond acceptors (Lipinski definition) is 7. The topological polar surface area (TPSA) is 127 Å². The lowest BCUT2D eigenvalue weighted by Crippen LogP contribution is -2.41. The van der Waals surface area contributed by atoms with Crippen molar-refractivity contribution in [1.82, 2.24) is 42.3 Å². The highest BCUT2D eigenvalue weighted by atomic mass is 79.9. The van der Waals surface area contributed by atoms with Gasteiger partial charge in [0.05, 0.1) is 13.1 Å². The normalized spacial score (nSPS) is 13.2. The van der Waals surface area contributed by atoms with Crippen LogP contribution in [0.25, 0.3) is 22.3 Å². The van der Waals surface area contributed by atoms with Crippen LogP contribution in [0.2, 0.25) is 10.0 Å². The van der Waals surface area contributed by atoms with E-state index in [1.165, 1.54) is 22.0 Å². The van der Waals surface area contributed by atoms with Gasteiger partial charge in [0.15, 0.2) is 22.3 Å². The van der Waals surface area contributed by atoms with Crippen LogP contribution in [-0.4, -0.2) is 67.2 Å². The number of imidazole rings is 2. The van der Waals surface area contributed by atoms with Gasteiger partial charge >= 0.3 is 11.4 Å². The van der Waals surface area contributed by atoms with Gasteiger partial charge in [0.25, 0.3) is 11.1 Å². The van der Waals surface area contributed by atoms with Crippen molar-refractivity contribution >= 4 is 61.5 Å². The predicted molar refractivity (Wildman–Crippen MR) is 227 cm³/mol. The summed E-state index contributed by atoms with van der Waals surface area (Å²) in [4.78, 5) is 64.3. The van der Waals surface area contributed by atoms with Gasteiger partial charge in [0.1, 0.15) is 11.6 Å². The zero-order chi connectivity index (χ0) is 40.1. The van der Waals surface area contributed by atoms with Gasteiger partial charge in [-0.25, -0.2) is 19.6 Å². The first kappa shape index (κ1) is 41.4. The number of nitrogens with zero attached hydrogens (tertiary/aromatic N) is 9. The van der Waals surface area contributed by atoms with E-state index in [1.54, 1.807) is 38.0 Å². The number of halogens is 3. The average Bonchev–Trinajstić information content (AvgIpc) is 3.92. The third-order valence-corrected chi connectivity index (χ3v) is 11.4. The van der Waals surface area contributed by atoms with Crippen LogP contribution in [0.4, 0.5) is 0 Å². The molecule has 4 aromatic heterocycles. The Balaban J connectivity index is 0.000000192.